The smallest absolute Gasteiger partial charge is 0.196 e. The topological polar surface area (TPSA) is 49.8 Å². The average Bonchev–Trinajstić information content (AvgIpc) is 3.23. The van der Waals surface area contributed by atoms with Gasteiger partial charge >= 0.3 is 0 Å². The Morgan fingerprint density at radius 1 is 1.23 bits per heavy atom. The van der Waals surface area contributed by atoms with Crippen LogP contribution in [0.1, 0.15) is 51.7 Å². The second-order valence-electron chi connectivity index (χ2n) is 8.11. The molecule has 1 aromatic rings. The number of ether oxygens (including phenoxy) is 1. The fourth-order valence-corrected chi connectivity index (χ4v) is 5.09. The minimum Gasteiger partial charge on any atom is -0.381 e. The number of hydrogen-bond acceptors (Lipinski definition) is 3. The van der Waals surface area contributed by atoms with Gasteiger partial charge in [0.25, 0.3) is 0 Å². The van der Waals surface area contributed by atoms with Gasteiger partial charge in [-0.05, 0) is 36.2 Å². The zero-order valence-electron chi connectivity index (χ0n) is 13.5. The first-order valence-electron chi connectivity index (χ1n) is 8.28. The molecule has 3 fully saturated rings. The number of epoxide rings is 1. The lowest BCUT2D eigenvalue weighted by atomic mass is 9.62. The van der Waals surface area contributed by atoms with Crippen LogP contribution in [0.2, 0.25) is 0 Å². The van der Waals surface area contributed by atoms with E-state index in [2.05, 4.69) is 20.8 Å². The van der Waals surface area contributed by atoms with Crippen LogP contribution in [0.15, 0.2) is 30.3 Å². The van der Waals surface area contributed by atoms with Gasteiger partial charge in [0.1, 0.15) is 17.8 Å². The van der Waals surface area contributed by atoms with E-state index >= 15 is 0 Å². The molecule has 3 aliphatic rings. The Morgan fingerprint density at radius 2 is 1.91 bits per heavy atom. The summed E-state index contributed by atoms with van der Waals surface area (Å²) in [5.41, 5.74) is -0.533. The summed E-state index contributed by atoms with van der Waals surface area (Å²) in [7, 11) is 0. The number of hydrogen-bond donors (Lipinski definition) is 1. The maximum atomic E-state index is 13.0. The summed E-state index contributed by atoms with van der Waals surface area (Å²) in [6.45, 7) is 6.51. The standard InChI is InChI=1S/C19H24O3/c1-17(2)13-9-10-18(17,3)19(21,11-13)16(20)15-14(22-15)12-7-5-4-6-8-12/h4-8,13-15,21H,9-11H2,1-3H3/t13-,14+,15+,18-,19+/m1/s1. The largest absolute Gasteiger partial charge is 0.381 e. The minimum atomic E-state index is -1.23. The zero-order chi connectivity index (χ0) is 15.8. The van der Waals surface area contributed by atoms with E-state index < -0.39 is 11.7 Å². The molecule has 1 saturated heterocycles. The highest BCUT2D eigenvalue weighted by atomic mass is 16.6. The van der Waals surface area contributed by atoms with Gasteiger partial charge in [-0.2, -0.15) is 0 Å². The summed E-state index contributed by atoms with van der Waals surface area (Å²) < 4.78 is 5.65. The molecule has 5 atom stereocenters. The Bertz CT molecular complexity index is 623. The lowest BCUT2D eigenvalue weighted by molar-refractivity contribution is -0.156. The van der Waals surface area contributed by atoms with Crippen LogP contribution in [0, 0.1) is 16.7 Å². The average molecular weight is 300 g/mol. The van der Waals surface area contributed by atoms with Gasteiger partial charge in [-0.25, -0.2) is 0 Å². The first-order chi connectivity index (χ1) is 10.3. The van der Waals surface area contributed by atoms with Gasteiger partial charge in [0.15, 0.2) is 5.78 Å². The van der Waals surface area contributed by atoms with Crippen molar-refractivity contribution in [2.24, 2.45) is 16.7 Å². The highest BCUT2D eigenvalue weighted by Gasteiger charge is 2.73. The Kier molecular flexibility index (Phi) is 2.76. The fourth-order valence-electron chi connectivity index (χ4n) is 5.09. The van der Waals surface area contributed by atoms with E-state index in [1.807, 2.05) is 30.3 Å². The first-order valence-corrected chi connectivity index (χ1v) is 8.28. The molecule has 0 spiro atoms. The number of carbonyl (C=O) groups excluding carboxylic acids is 1. The third kappa shape index (κ3) is 1.56. The predicted octanol–water partition coefficient (Wildman–Crippen LogP) is 3.27. The van der Waals surface area contributed by atoms with Crippen LogP contribution in [-0.2, 0) is 9.53 Å². The van der Waals surface area contributed by atoms with E-state index in [9.17, 15) is 9.90 Å². The molecular weight excluding hydrogens is 276 g/mol. The molecule has 4 rings (SSSR count). The molecule has 1 aliphatic heterocycles. The van der Waals surface area contributed by atoms with Crippen LogP contribution >= 0.6 is 0 Å². The van der Waals surface area contributed by atoms with E-state index in [0.29, 0.717) is 12.3 Å². The van der Waals surface area contributed by atoms with Gasteiger partial charge in [-0.15, -0.1) is 0 Å². The highest BCUT2D eigenvalue weighted by Crippen LogP contribution is 2.70. The normalized spacial score (nSPS) is 45.0. The van der Waals surface area contributed by atoms with Crippen molar-refractivity contribution in [3.8, 4) is 0 Å². The van der Waals surface area contributed by atoms with Crippen molar-refractivity contribution in [1.82, 2.24) is 0 Å². The van der Waals surface area contributed by atoms with Crippen molar-refractivity contribution in [1.29, 1.82) is 0 Å². The second-order valence-corrected chi connectivity index (χ2v) is 8.11. The van der Waals surface area contributed by atoms with E-state index in [0.717, 1.165) is 18.4 Å². The van der Waals surface area contributed by atoms with Gasteiger partial charge in [0.05, 0.1) is 0 Å². The quantitative estimate of drug-likeness (QED) is 0.872. The molecule has 0 aromatic heterocycles. The van der Waals surface area contributed by atoms with Crippen molar-refractivity contribution in [3.63, 3.8) is 0 Å². The van der Waals surface area contributed by atoms with Gasteiger partial charge in [0.2, 0.25) is 0 Å². The number of carbonyl (C=O) groups is 1. The van der Waals surface area contributed by atoms with Crippen LogP contribution in [0.25, 0.3) is 0 Å². The molecule has 0 unspecified atom stereocenters. The van der Waals surface area contributed by atoms with Crippen LogP contribution in [0.3, 0.4) is 0 Å². The van der Waals surface area contributed by atoms with Crippen molar-refractivity contribution in [2.45, 2.75) is 57.8 Å². The monoisotopic (exact) mass is 300 g/mol. The van der Waals surface area contributed by atoms with Crippen molar-refractivity contribution < 1.29 is 14.6 Å². The van der Waals surface area contributed by atoms with Gasteiger partial charge in [0, 0.05) is 5.41 Å². The Morgan fingerprint density at radius 3 is 2.45 bits per heavy atom. The molecule has 0 amide bonds. The molecular formula is C19H24O3. The lowest BCUT2D eigenvalue weighted by Gasteiger charge is -2.44. The Balaban J connectivity index is 1.60. The second kappa shape index (κ2) is 4.21. The third-order valence-corrected chi connectivity index (χ3v) is 7.18. The molecule has 1 N–H and O–H groups in total. The van der Waals surface area contributed by atoms with Gasteiger partial charge in [-0.1, -0.05) is 51.1 Å². The highest BCUT2D eigenvalue weighted by molar-refractivity contribution is 5.95. The van der Waals surface area contributed by atoms with Gasteiger partial charge in [-0.3, -0.25) is 4.79 Å². The van der Waals surface area contributed by atoms with Crippen molar-refractivity contribution in [2.75, 3.05) is 0 Å². The maximum absolute atomic E-state index is 13.0. The lowest BCUT2D eigenvalue weighted by Crippen LogP contribution is -2.54. The number of fused-ring (bicyclic) bond motifs is 2. The SMILES string of the molecule is CC1(C)[C@@H]2CC[C@@]1(C)[C@@](O)(C(=O)[C@H]1O[C@H]1c1ccccc1)C2. The molecule has 1 aromatic carbocycles. The number of ketones is 1. The molecule has 118 valence electrons. The summed E-state index contributed by atoms with van der Waals surface area (Å²) in [6.07, 6.45) is 1.99. The summed E-state index contributed by atoms with van der Waals surface area (Å²) in [5.74, 6) is 0.333. The number of Topliss-reactive ketones (excluding diaryl/α,β-unsaturated/α-hetero) is 1. The molecule has 0 radical (unpaired) electrons. The van der Waals surface area contributed by atoms with Gasteiger partial charge < -0.3 is 9.84 Å². The number of benzene rings is 1. The molecule has 2 bridgehead atoms. The Labute approximate surface area is 131 Å². The molecule has 2 saturated carbocycles. The number of aliphatic hydroxyl groups is 1. The molecule has 3 nitrogen and oxygen atoms in total. The summed E-state index contributed by atoms with van der Waals surface area (Å²) in [6, 6.07) is 9.82. The summed E-state index contributed by atoms with van der Waals surface area (Å²) >= 11 is 0. The van der Waals surface area contributed by atoms with Crippen LogP contribution in [-0.4, -0.2) is 22.6 Å². The van der Waals surface area contributed by atoms with E-state index in [4.69, 9.17) is 4.74 Å². The van der Waals surface area contributed by atoms with E-state index in [1.165, 1.54) is 0 Å². The molecule has 2 aliphatic carbocycles. The predicted molar refractivity (Wildman–Crippen MR) is 83.2 cm³/mol. The van der Waals surface area contributed by atoms with Crippen molar-refractivity contribution >= 4 is 5.78 Å². The Hall–Kier alpha value is -1.19. The molecule has 3 heteroatoms. The fraction of sp³-hybridized carbons (Fsp3) is 0.632. The zero-order valence-corrected chi connectivity index (χ0v) is 13.5. The summed E-state index contributed by atoms with van der Waals surface area (Å²) in [5, 5.41) is 11.3. The molecule has 22 heavy (non-hydrogen) atoms. The maximum Gasteiger partial charge on any atom is 0.196 e. The van der Waals surface area contributed by atoms with Crippen LogP contribution in [0.4, 0.5) is 0 Å². The van der Waals surface area contributed by atoms with E-state index in [-0.39, 0.29) is 22.7 Å². The molecule has 1 heterocycles. The van der Waals surface area contributed by atoms with Crippen molar-refractivity contribution in [3.05, 3.63) is 35.9 Å². The minimum absolute atomic E-state index is 0.00848. The first kappa shape index (κ1) is 14.4. The van der Waals surface area contributed by atoms with Crippen LogP contribution < -0.4 is 0 Å². The van der Waals surface area contributed by atoms with Crippen LogP contribution in [0.5, 0.6) is 0 Å². The van der Waals surface area contributed by atoms with E-state index in [1.54, 1.807) is 0 Å². The number of rotatable bonds is 3. The summed E-state index contributed by atoms with van der Waals surface area (Å²) in [4.78, 5) is 13.0. The third-order valence-electron chi connectivity index (χ3n) is 7.18.